The lowest BCUT2D eigenvalue weighted by Gasteiger charge is -2.09. The lowest BCUT2D eigenvalue weighted by molar-refractivity contribution is -0.114. The van der Waals surface area contributed by atoms with Crippen LogP contribution in [0.2, 0.25) is 0 Å². The minimum atomic E-state index is -0.752. The Labute approximate surface area is 110 Å². The van der Waals surface area contributed by atoms with Crippen molar-refractivity contribution in [3.63, 3.8) is 0 Å². The Morgan fingerprint density at radius 2 is 2.05 bits per heavy atom. The highest BCUT2D eigenvalue weighted by Crippen LogP contribution is 2.29. The summed E-state index contributed by atoms with van der Waals surface area (Å²) in [5.41, 5.74) is 5.73. The van der Waals surface area contributed by atoms with Gasteiger partial charge in [-0.2, -0.15) is 5.26 Å². The number of nitriles is 1. The lowest BCUT2D eigenvalue weighted by Crippen LogP contribution is -2.12. The van der Waals surface area contributed by atoms with Gasteiger partial charge in [0.1, 0.15) is 17.4 Å². The second-order valence-corrected chi connectivity index (χ2v) is 3.94. The number of hydrogen-bond donors (Lipinski definition) is 1. The summed E-state index contributed by atoms with van der Waals surface area (Å²) >= 11 is 0. The van der Waals surface area contributed by atoms with Gasteiger partial charge in [-0.05, 0) is 22.9 Å². The predicted octanol–water partition coefficient (Wildman–Crippen LogP) is 2.24. The Morgan fingerprint density at radius 1 is 1.32 bits per heavy atom. The Bertz CT molecular complexity index is 712. The monoisotopic (exact) mass is 252 g/mol. The second kappa shape index (κ2) is 5.23. The number of benzene rings is 2. The fraction of sp³-hybridized carbons (Fsp3) is 0.0667. The fourth-order valence-electron chi connectivity index (χ4n) is 1.91. The quantitative estimate of drug-likeness (QED) is 0.672. The number of primary amides is 1. The van der Waals surface area contributed by atoms with Crippen LogP contribution in [0.3, 0.4) is 0 Å². The van der Waals surface area contributed by atoms with Crippen LogP contribution in [0.4, 0.5) is 0 Å². The molecule has 0 spiro atoms. The van der Waals surface area contributed by atoms with Gasteiger partial charge in [-0.25, -0.2) is 0 Å². The summed E-state index contributed by atoms with van der Waals surface area (Å²) in [5, 5.41) is 10.8. The summed E-state index contributed by atoms with van der Waals surface area (Å²) < 4.78 is 5.27. The largest absolute Gasteiger partial charge is 0.496 e. The zero-order valence-electron chi connectivity index (χ0n) is 10.4. The number of carbonyl (C=O) groups excluding carboxylic acids is 1. The van der Waals surface area contributed by atoms with E-state index in [1.165, 1.54) is 13.2 Å². The number of carbonyl (C=O) groups is 1. The molecule has 0 aromatic heterocycles. The van der Waals surface area contributed by atoms with Crippen molar-refractivity contribution in [2.45, 2.75) is 0 Å². The average Bonchev–Trinajstić information content (AvgIpc) is 2.44. The number of fused-ring (bicyclic) bond motifs is 1. The third kappa shape index (κ3) is 2.40. The van der Waals surface area contributed by atoms with Crippen LogP contribution in [-0.2, 0) is 4.79 Å². The first-order valence-electron chi connectivity index (χ1n) is 5.64. The molecule has 2 aromatic rings. The molecule has 2 N–H and O–H groups in total. The van der Waals surface area contributed by atoms with Crippen molar-refractivity contribution in [2.75, 3.05) is 7.11 Å². The maximum Gasteiger partial charge on any atom is 0.259 e. The van der Waals surface area contributed by atoms with Gasteiger partial charge >= 0.3 is 0 Å². The van der Waals surface area contributed by atoms with Gasteiger partial charge in [0.05, 0.1) is 7.11 Å². The smallest absolute Gasteiger partial charge is 0.259 e. The number of methoxy groups -OCH3 is 1. The molecule has 19 heavy (non-hydrogen) atoms. The molecule has 4 nitrogen and oxygen atoms in total. The molecule has 1 amide bonds. The van der Waals surface area contributed by atoms with Crippen molar-refractivity contribution in [3.8, 4) is 11.8 Å². The van der Waals surface area contributed by atoms with Crippen LogP contribution in [0.15, 0.2) is 42.0 Å². The number of nitrogens with two attached hydrogens (primary N) is 1. The number of hydrogen-bond acceptors (Lipinski definition) is 3. The van der Waals surface area contributed by atoms with Crippen LogP contribution in [0, 0.1) is 11.3 Å². The normalized spacial score (nSPS) is 11.1. The molecular weight excluding hydrogens is 240 g/mol. The highest BCUT2D eigenvalue weighted by molar-refractivity contribution is 6.04. The molecule has 0 aliphatic heterocycles. The van der Waals surface area contributed by atoms with Crippen molar-refractivity contribution >= 4 is 22.8 Å². The summed E-state index contributed by atoms with van der Waals surface area (Å²) in [7, 11) is 1.54. The SMILES string of the molecule is COc1ccc2ccccc2c1C=C(C#N)C(N)=O. The molecule has 0 aliphatic carbocycles. The van der Waals surface area contributed by atoms with E-state index < -0.39 is 5.91 Å². The summed E-state index contributed by atoms with van der Waals surface area (Å²) in [6.07, 6.45) is 1.46. The first-order chi connectivity index (χ1) is 9.17. The maximum atomic E-state index is 11.2. The van der Waals surface area contributed by atoms with Crippen LogP contribution in [0.5, 0.6) is 5.75 Å². The minimum Gasteiger partial charge on any atom is -0.496 e. The number of amides is 1. The van der Waals surface area contributed by atoms with Crippen molar-refractivity contribution in [1.82, 2.24) is 0 Å². The Hall–Kier alpha value is -2.80. The van der Waals surface area contributed by atoms with Gasteiger partial charge in [0.25, 0.3) is 5.91 Å². The van der Waals surface area contributed by atoms with Crippen molar-refractivity contribution in [1.29, 1.82) is 5.26 Å². The predicted molar refractivity (Wildman–Crippen MR) is 73.3 cm³/mol. The van der Waals surface area contributed by atoms with Gasteiger partial charge in [0.2, 0.25) is 0 Å². The summed E-state index contributed by atoms with van der Waals surface area (Å²) in [4.78, 5) is 11.2. The molecule has 0 aliphatic rings. The van der Waals surface area contributed by atoms with E-state index in [1.54, 1.807) is 12.1 Å². The molecule has 2 aromatic carbocycles. The van der Waals surface area contributed by atoms with Crippen LogP contribution >= 0.6 is 0 Å². The molecule has 0 bridgehead atoms. The average molecular weight is 252 g/mol. The zero-order chi connectivity index (χ0) is 13.8. The van der Waals surface area contributed by atoms with Crippen molar-refractivity contribution < 1.29 is 9.53 Å². The van der Waals surface area contributed by atoms with Crippen LogP contribution in [0.1, 0.15) is 5.56 Å². The van der Waals surface area contributed by atoms with Crippen LogP contribution in [0.25, 0.3) is 16.8 Å². The maximum absolute atomic E-state index is 11.2. The molecule has 0 radical (unpaired) electrons. The van der Waals surface area contributed by atoms with Gasteiger partial charge in [-0.3, -0.25) is 4.79 Å². The number of rotatable bonds is 3. The van der Waals surface area contributed by atoms with E-state index in [0.29, 0.717) is 11.3 Å². The van der Waals surface area contributed by atoms with Gasteiger partial charge in [0.15, 0.2) is 0 Å². The van der Waals surface area contributed by atoms with Crippen LogP contribution < -0.4 is 10.5 Å². The summed E-state index contributed by atoms with van der Waals surface area (Å²) in [6, 6.07) is 13.2. The lowest BCUT2D eigenvalue weighted by atomic mass is 10.0. The molecule has 0 atom stereocenters. The highest BCUT2D eigenvalue weighted by atomic mass is 16.5. The van der Waals surface area contributed by atoms with E-state index >= 15 is 0 Å². The molecule has 0 saturated carbocycles. The zero-order valence-corrected chi connectivity index (χ0v) is 10.4. The number of nitrogens with zero attached hydrogens (tertiary/aromatic N) is 1. The third-order valence-corrected chi connectivity index (χ3v) is 2.83. The number of ether oxygens (including phenoxy) is 1. The van der Waals surface area contributed by atoms with E-state index in [2.05, 4.69) is 0 Å². The van der Waals surface area contributed by atoms with Crippen LogP contribution in [-0.4, -0.2) is 13.0 Å². The van der Waals surface area contributed by atoms with E-state index in [0.717, 1.165) is 10.8 Å². The minimum absolute atomic E-state index is 0.102. The Morgan fingerprint density at radius 3 is 2.68 bits per heavy atom. The van der Waals surface area contributed by atoms with E-state index in [4.69, 9.17) is 15.7 Å². The van der Waals surface area contributed by atoms with Gasteiger partial charge in [0, 0.05) is 5.56 Å². The van der Waals surface area contributed by atoms with Gasteiger partial charge in [-0.1, -0.05) is 30.3 Å². The first-order valence-corrected chi connectivity index (χ1v) is 5.64. The van der Waals surface area contributed by atoms with E-state index in [9.17, 15) is 4.79 Å². The van der Waals surface area contributed by atoms with E-state index in [-0.39, 0.29) is 5.57 Å². The van der Waals surface area contributed by atoms with E-state index in [1.807, 2.05) is 30.3 Å². The molecule has 0 fully saturated rings. The molecule has 0 heterocycles. The molecular formula is C15H12N2O2. The van der Waals surface area contributed by atoms with Crippen molar-refractivity contribution in [2.24, 2.45) is 5.73 Å². The van der Waals surface area contributed by atoms with Gasteiger partial charge < -0.3 is 10.5 Å². The fourth-order valence-corrected chi connectivity index (χ4v) is 1.91. The molecule has 2 rings (SSSR count). The molecule has 94 valence electrons. The van der Waals surface area contributed by atoms with Crippen molar-refractivity contribution in [3.05, 3.63) is 47.5 Å². The molecule has 0 unspecified atom stereocenters. The topological polar surface area (TPSA) is 76.1 Å². The molecule has 0 saturated heterocycles. The standard InChI is InChI=1S/C15H12N2O2/c1-19-14-7-6-10-4-2-3-5-12(10)13(14)8-11(9-16)15(17)18/h2-8H,1H3,(H2,17,18). The van der Waals surface area contributed by atoms with Gasteiger partial charge in [-0.15, -0.1) is 0 Å². The Balaban J connectivity index is 2.77. The second-order valence-electron chi connectivity index (χ2n) is 3.94. The highest BCUT2D eigenvalue weighted by Gasteiger charge is 2.10. The first kappa shape index (κ1) is 12.7. The third-order valence-electron chi connectivity index (χ3n) is 2.83. The molecule has 4 heteroatoms. The summed E-state index contributed by atoms with van der Waals surface area (Å²) in [6.45, 7) is 0. The summed E-state index contributed by atoms with van der Waals surface area (Å²) in [5.74, 6) is -0.162. The Kier molecular flexibility index (Phi) is 3.48.